The molecule has 3 nitrogen and oxygen atoms in total. The van der Waals surface area contributed by atoms with Crippen molar-refractivity contribution in [2.45, 2.75) is 25.7 Å². The maximum Gasteiger partial charge on any atom is 0.332 e. The zero-order chi connectivity index (χ0) is 9.68. The number of thioether (sulfide) groups is 1. The van der Waals surface area contributed by atoms with Gasteiger partial charge in [-0.05, 0) is 19.1 Å². The van der Waals surface area contributed by atoms with Crippen molar-refractivity contribution < 1.29 is 14.3 Å². The van der Waals surface area contributed by atoms with Gasteiger partial charge in [-0.25, -0.2) is 4.79 Å². The molecule has 0 aliphatic carbocycles. The van der Waals surface area contributed by atoms with Gasteiger partial charge in [0.05, 0.1) is 11.9 Å². The average Bonchev–Trinajstić information content (AvgIpc) is 2.30. The van der Waals surface area contributed by atoms with Gasteiger partial charge in [-0.15, -0.1) is 0 Å². The molecule has 0 aromatic heterocycles. The number of carbonyl (C=O) groups is 1. The van der Waals surface area contributed by atoms with E-state index in [0.29, 0.717) is 5.75 Å². The monoisotopic (exact) mass is 202 g/mol. The molecule has 1 heterocycles. The summed E-state index contributed by atoms with van der Waals surface area (Å²) in [6.45, 7) is 5.32. The first-order valence-corrected chi connectivity index (χ1v) is 5.44. The zero-order valence-corrected chi connectivity index (χ0v) is 8.51. The van der Waals surface area contributed by atoms with Crippen LogP contribution < -0.4 is 0 Å². The molecule has 0 bridgehead atoms. The lowest BCUT2D eigenvalue weighted by molar-refractivity contribution is -0.175. The van der Waals surface area contributed by atoms with Crippen molar-refractivity contribution in [3.63, 3.8) is 0 Å². The van der Waals surface area contributed by atoms with Gasteiger partial charge in [-0.3, -0.25) is 0 Å². The molecule has 4 heteroatoms. The Morgan fingerprint density at radius 2 is 2.54 bits per heavy atom. The van der Waals surface area contributed by atoms with E-state index in [-0.39, 0.29) is 6.10 Å². The Morgan fingerprint density at radius 3 is 3.23 bits per heavy atom. The molecule has 2 atom stereocenters. The fraction of sp³-hybridized carbons (Fsp3) is 0.667. The summed E-state index contributed by atoms with van der Waals surface area (Å²) in [6, 6.07) is 0. The molecule has 1 saturated heterocycles. The van der Waals surface area contributed by atoms with Crippen LogP contribution >= 0.6 is 11.8 Å². The van der Waals surface area contributed by atoms with Crippen LogP contribution in [0.25, 0.3) is 0 Å². The van der Waals surface area contributed by atoms with Gasteiger partial charge in [0.1, 0.15) is 0 Å². The third kappa shape index (κ3) is 3.83. The molecule has 0 saturated carbocycles. The van der Waals surface area contributed by atoms with Crippen molar-refractivity contribution in [1.29, 1.82) is 0 Å². The molecule has 1 fully saturated rings. The Morgan fingerprint density at radius 1 is 1.77 bits per heavy atom. The van der Waals surface area contributed by atoms with E-state index in [9.17, 15) is 4.79 Å². The average molecular weight is 202 g/mol. The Balaban J connectivity index is 2.38. The van der Waals surface area contributed by atoms with Crippen LogP contribution in [0.4, 0.5) is 0 Å². The third-order valence-electron chi connectivity index (χ3n) is 1.72. The van der Waals surface area contributed by atoms with Crippen LogP contribution in [-0.4, -0.2) is 29.9 Å². The van der Waals surface area contributed by atoms with E-state index in [4.69, 9.17) is 9.47 Å². The van der Waals surface area contributed by atoms with Crippen LogP contribution in [-0.2, 0) is 14.3 Å². The lowest BCUT2D eigenvalue weighted by Crippen LogP contribution is -2.25. The third-order valence-corrected chi connectivity index (χ3v) is 2.75. The summed E-state index contributed by atoms with van der Waals surface area (Å²) in [5.74, 6) is 1.35. The molecule has 1 aliphatic rings. The van der Waals surface area contributed by atoms with Gasteiger partial charge in [-0.2, -0.15) is 11.8 Å². The Bertz CT molecular complexity index is 193. The maximum absolute atomic E-state index is 10.9. The minimum Gasteiger partial charge on any atom is -0.432 e. The molecular formula is C9H14O3S. The first kappa shape index (κ1) is 10.6. The smallest absolute Gasteiger partial charge is 0.332 e. The minimum absolute atomic E-state index is 0.164. The molecule has 0 aromatic rings. The van der Waals surface area contributed by atoms with E-state index in [1.165, 1.54) is 0 Å². The van der Waals surface area contributed by atoms with E-state index in [0.717, 1.165) is 18.2 Å². The van der Waals surface area contributed by atoms with Gasteiger partial charge < -0.3 is 9.47 Å². The largest absolute Gasteiger partial charge is 0.432 e. The van der Waals surface area contributed by atoms with Gasteiger partial charge in [0, 0.05) is 6.08 Å². The molecule has 0 aromatic carbocycles. The van der Waals surface area contributed by atoms with Crippen LogP contribution in [0.1, 0.15) is 13.3 Å². The summed E-state index contributed by atoms with van der Waals surface area (Å²) in [4.78, 5) is 10.9. The Hall–Kier alpha value is -0.480. The summed E-state index contributed by atoms with van der Waals surface area (Å²) >= 11 is 1.74. The quantitative estimate of drug-likeness (QED) is 0.503. The van der Waals surface area contributed by atoms with Crippen LogP contribution in [0.5, 0.6) is 0 Å². The molecule has 0 amide bonds. The van der Waals surface area contributed by atoms with Crippen molar-refractivity contribution in [2.24, 2.45) is 0 Å². The highest BCUT2D eigenvalue weighted by Gasteiger charge is 2.19. The van der Waals surface area contributed by atoms with Gasteiger partial charge >= 0.3 is 5.97 Å². The zero-order valence-electron chi connectivity index (χ0n) is 7.69. The second kappa shape index (κ2) is 5.29. The topological polar surface area (TPSA) is 35.5 Å². The molecule has 1 aliphatic heterocycles. The van der Waals surface area contributed by atoms with Crippen LogP contribution in [0.3, 0.4) is 0 Å². The molecule has 0 spiro atoms. The van der Waals surface area contributed by atoms with E-state index in [1.54, 1.807) is 11.8 Å². The van der Waals surface area contributed by atoms with Crippen molar-refractivity contribution >= 4 is 17.7 Å². The van der Waals surface area contributed by atoms with Crippen molar-refractivity contribution in [3.8, 4) is 0 Å². The molecule has 0 radical (unpaired) electrons. The van der Waals surface area contributed by atoms with E-state index in [1.807, 2.05) is 6.92 Å². The van der Waals surface area contributed by atoms with Crippen LogP contribution in [0, 0.1) is 0 Å². The van der Waals surface area contributed by atoms with Crippen molar-refractivity contribution in [2.75, 3.05) is 11.5 Å². The van der Waals surface area contributed by atoms with Gasteiger partial charge in [-0.1, -0.05) is 6.58 Å². The number of carbonyl (C=O) groups excluding carboxylic acids is 1. The van der Waals surface area contributed by atoms with E-state index >= 15 is 0 Å². The number of hydrogen-bond acceptors (Lipinski definition) is 4. The van der Waals surface area contributed by atoms with Gasteiger partial charge in [0.2, 0.25) is 6.29 Å². The second-order valence-electron chi connectivity index (χ2n) is 2.88. The minimum atomic E-state index is -0.417. The SMILES string of the molecule is C=CC(=O)OC1CSCCC(C)O1. The second-order valence-corrected chi connectivity index (χ2v) is 4.03. The summed E-state index contributed by atoms with van der Waals surface area (Å²) in [6.07, 6.45) is 1.92. The van der Waals surface area contributed by atoms with Crippen molar-refractivity contribution in [1.82, 2.24) is 0 Å². The molecule has 13 heavy (non-hydrogen) atoms. The highest BCUT2D eigenvalue weighted by molar-refractivity contribution is 7.99. The summed E-state index contributed by atoms with van der Waals surface area (Å²) < 4.78 is 10.5. The number of hydrogen-bond donors (Lipinski definition) is 0. The molecule has 1 rings (SSSR count). The molecule has 74 valence electrons. The Labute approximate surface area is 82.5 Å². The standard InChI is InChI=1S/C9H14O3S/c1-3-8(10)12-9-6-13-5-4-7(2)11-9/h3,7,9H,1,4-6H2,2H3. The fourth-order valence-electron chi connectivity index (χ4n) is 1.03. The fourth-order valence-corrected chi connectivity index (χ4v) is 2.04. The summed E-state index contributed by atoms with van der Waals surface area (Å²) in [7, 11) is 0. The van der Waals surface area contributed by atoms with E-state index in [2.05, 4.69) is 6.58 Å². The lowest BCUT2D eigenvalue weighted by atomic mass is 10.3. The molecule has 0 N–H and O–H groups in total. The normalized spacial score (nSPS) is 29.0. The van der Waals surface area contributed by atoms with E-state index < -0.39 is 12.3 Å². The maximum atomic E-state index is 10.9. The first-order valence-electron chi connectivity index (χ1n) is 4.28. The number of esters is 1. The predicted molar refractivity (Wildman–Crippen MR) is 52.6 cm³/mol. The number of rotatable bonds is 2. The highest BCUT2D eigenvalue weighted by Crippen LogP contribution is 2.18. The summed E-state index contributed by atoms with van der Waals surface area (Å²) in [5.41, 5.74) is 0. The van der Waals surface area contributed by atoms with Gasteiger partial charge in [0.25, 0.3) is 0 Å². The van der Waals surface area contributed by atoms with Crippen molar-refractivity contribution in [3.05, 3.63) is 12.7 Å². The van der Waals surface area contributed by atoms with Gasteiger partial charge in [0.15, 0.2) is 0 Å². The Kier molecular flexibility index (Phi) is 4.32. The number of ether oxygens (including phenoxy) is 2. The predicted octanol–water partition coefficient (Wildman–Crippen LogP) is 1.58. The molecular weight excluding hydrogens is 188 g/mol. The lowest BCUT2D eigenvalue weighted by Gasteiger charge is -2.17. The highest BCUT2D eigenvalue weighted by atomic mass is 32.2. The summed E-state index contributed by atoms with van der Waals surface area (Å²) in [5, 5.41) is 0. The van der Waals surface area contributed by atoms with Crippen LogP contribution in [0.15, 0.2) is 12.7 Å². The first-order chi connectivity index (χ1) is 6.22. The van der Waals surface area contributed by atoms with Crippen LogP contribution in [0.2, 0.25) is 0 Å². The molecule has 2 unspecified atom stereocenters.